The fourth-order valence-corrected chi connectivity index (χ4v) is 1.97. The SMILES string of the molecule is CC(CCc1ccccc1)NC(=O)CCCNC(=O)C(=O)O. The van der Waals surface area contributed by atoms with E-state index in [1.165, 1.54) is 5.56 Å². The average Bonchev–Trinajstić information content (AvgIpc) is 2.50. The Kier molecular flexibility index (Phi) is 7.67. The van der Waals surface area contributed by atoms with E-state index in [9.17, 15) is 14.4 Å². The van der Waals surface area contributed by atoms with Crippen LogP contribution in [0.25, 0.3) is 0 Å². The quantitative estimate of drug-likeness (QED) is 0.495. The topological polar surface area (TPSA) is 95.5 Å². The predicted octanol–water partition coefficient (Wildman–Crippen LogP) is 1.10. The van der Waals surface area contributed by atoms with E-state index in [0.29, 0.717) is 6.42 Å². The molecule has 0 saturated carbocycles. The molecule has 0 bridgehead atoms. The molecule has 2 amide bonds. The van der Waals surface area contributed by atoms with Gasteiger partial charge >= 0.3 is 11.9 Å². The molecular formula is C16H22N2O4. The Morgan fingerprint density at radius 1 is 1.18 bits per heavy atom. The number of hydrogen-bond acceptors (Lipinski definition) is 3. The van der Waals surface area contributed by atoms with Gasteiger partial charge in [0.1, 0.15) is 0 Å². The molecule has 6 nitrogen and oxygen atoms in total. The number of carboxylic acid groups (broad SMARTS) is 1. The second-order valence-corrected chi connectivity index (χ2v) is 5.16. The Labute approximate surface area is 129 Å². The molecule has 120 valence electrons. The van der Waals surface area contributed by atoms with Gasteiger partial charge in [-0.1, -0.05) is 30.3 Å². The second kappa shape index (κ2) is 9.55. The van der Waals surface area contributed by atoms with Crippen molar-refractivity contribution in [2.45, 2.75) is 38.6 Å². The van der Waals surface area contributed by atoms with E-state index in [0.717, 1.165) is 12.8 Å². The number of benzene rings is 1. The first-order valence-electron chi connectivity index (χ1n) is 7.33. The maximum atomic E-state index is 11.7. The van der Waals surface area contributed by atoms with Crippen molar-refractivity contribution in [3.8, 4) is 0 Å². The third-order valence-electron chi connectivity index (χ3n) is 3.18. The largest absolute Gasteiger partial charge is 0.474 e. The van der Waals surface area contributed by atoms with Crippen LogP contribution in [0.2, 0.25) is 0 Å². The van der Waals surface area contributed by atoms with Gasteiger partial charge in [-0.3, -0.25) is 9.59 Å². The van der Waals surface area contributed by atoms with Gasteiger partial charge in [-0.05, 0) is 31.7 Å². The van der Waals surface area contributed by atoms with Crippen LogP contribution in [-0.4, -0.2) is 35.5 Å². The molecule has 0 radical (unpaired) electrons. The van der Waals surface area contributed by atoms with E-state index in [1.807, 2.05) is 25.1 Å². The minimum absolute atomic E-state index is 0.0707. The fraction of sp³-hybridized carbons (Fsp3) is 0.438. The number of aryl methyl sites for hydroxylation is 1. The van der Waals surface area contributed by atoms with Gasteiger partial charge in [0.25, 0.3) is 0 Å². The molecule has 3 N–H and O–H groups in total. The van der Waals surface area contributed by atoms with Crippen LogP contribution in [0.4, 0.5) is 0 Å². The van der Waals surface area contributed by atoms with Gasteiger partial charge < -0.3 is 15.7 Å². The lowest BCUT2D eigenvalue weighted by molar-refractivity contribution is -0.150. The summed E-state index contributed by atoms with van der Waals surface area (Å²) in [7, 11) is 0. The second-order valence-electron chi connectivity index (χ2n) is 5.16. The monoisotopic (exact) mass is 306 g/mol. The zero-order valence-electron chi connectivity index (χ0n) is 12.7. The Hall–Kier alpha value is -2.37. The van der Waals surface area contributed by atoms with Crippen LogP contribution in [0.3, 0.4) is 0 Å². The van der Waals surface area contributed by atoms with E-state index in [1.54, 1.807) is 0 Å². The summed E-state index contributed by atoms with van der Waals surface area (Å²) in [6, 6.07) is 10.1. The number of hydrogen-bond donors (Lipinski definition) is 3. The molecule has 0 aromatic heterocycles. The minimum atomic E-state index is -1.51. The van der Waals surface area contributed by atoms with E-state index in [-0.39, 0.29) is 24.9 Å². The summed E-state index contributed by atoms with van der Waals surface area (Å²) in [5.41, 5.74) is 1.24. The van der Waals surface area contributed by atoms with E-state index in [4.69, 9.17) is 5.11 Å². The molecule has 1 atom stereocenters. The molecule has 1 aromatic carbocycles. The third kappa shape index (κ3) is 7.42. The van der Waals surface area contributed by atoms with Gasteiger partial charge in [0.15, 0.2) is 0 Å². The summed E-state index contributed by atoms with van der Waals surface area (Å²) in [5.74, 6) is -2.65. The molecule has 0 aliphatic carbocycles. The van der Waals surface area contributed by atoms with Gasteiger partial charge in [0, 0.05) is 19.0 Å². The van der Waals surface area contributed by atoms with Crippen molar-refractivity contribution < 1.29 is 19.5 Å². The molecule has 0 spiro atoms. The summed E-state index contributed by atoms with van der Waals surface area (Å²) in [6.45, 7) is 2.13. The van der Waals surface area contributed by atoms with Crippen molar-refractivity contribution in [3.05, 3.63) is 35.9 Å². The molecule has 22 heavy (non-hydrogen) atoms. The van der Waals surface area contributed by atoms with Crippen molar-refractivity contribution in [3.63, 3.8) is 0 Å². The molecular weight excluding hydrogens is 284 g/mol. The summed E-state index contributed by atoms with van der Waals surface area (Å²) in [4.78, 5) is 32.7. The van der Waals surface area contributed by atoms with E-state index >= 15 is 0 Å². The Morgan fingerprint density at radius 3 is 2.50 bits per heavy atom. The van der Waals surface area contributed by atoms with E-state index in [2.05, 4.69) is 22.8 Å². The molecule has 0 fully saturated rings. The van der Waals surface area contributed by atoms with Crippen molar-refractivity contribution in [2.24, 2.45) is 0 Å². The van der Waals surface area contributed by atoms with Gasteiger partial charge in [-0.15, -0.1) is 0 Å². The smallest absolute Gasteiger partial charge is 0.394 e. The maximum absolute atomic E-state index is 11.7. The van der Waals surface area contributed by atoms with Crippen LogP contribution in [0, 0.1) is 0 Å². The highest BCUT2D eigenvalue weighted by atomic mass is 16.4. The first-order valence-corrected chi connectivity index (χ1v) is 7.33. The first-order chi connectivity index (χ1) is 10.5. The molecule has 0 heterocycles. The zero-order chi connectivity index (χ0) is 16.4. The highest BCUT2D eigenvalue weighted by Gasteiger charge is 2.11. The minimum Gasteiger partial charge on any atom is -0.474 e. The number of aliphatic carboxylic acids is 1. The maximum Gasteiger partial charge on any atom is 0.394 e. The number of nitrogens with one attached hydrogen (secondary N) is 2. The summed E-state index contributed by atoms with van der Waals surface area (Å²) in [5, 5.41) is 13.5. The molecule has 1 rings (SSSR count). The first kappa shape index (κ1) is 17.7. The molecule has 0 saturated heterocycles. The molecule has 0 aliphatic rings. The highest BCUT2D eigenvalue weighted by molar-refractivity contribution is 6.31. The van der Waals surface area contributed by atoms with Crippen LogP contribution in [0.15, 0.2) is 30.3 Å². The van der Waals surface area contributed by atoms with Crippen LogP contribution in [0.5, 0.6) is 0 Å². The van der Waals surface area contributed by atoms with Gasteiger partial charge in [-0.25, -0.2) is 4.79 Å². The summed E-state index contributed by atoms with van der Waals surface area (Å²) in [6.07, 6.45) is 2.42. The highest BCUT2D eigenvalue weighted by Crippen LogP contribution is 2.05. The van der Waals surface area contributed by atoms with Crippen LogP contribution < -0.4 is 10.6 Å². The van der Waals surface area contributed by atoms with Crippen LogP contribution in [-0.2, 0) is 20.8 Å². The van der Waals surface area contributed by atoms with Gasteiger partial charge in [0.2, 0.25) is 5.91 Å². The third-order valence-corrected chi connectivity index (χ3v) is 3.18. The van der Waals surface area contributed by atoms with Crippen LogP contribution in [0.1, 0.15) is 31.7 Å². The molecule has 1 aromatic rings. The Bertz CT molecular complexity index is 502. The number of amides is 2. The molecule has 6 heteroatoms. The lowest BCUT2D eigenvalue weighted by Crippen LogP contribution is -2.34. The fourth-order valence-electron chi connectivity index (χ4n) is 1.97. The van der Waals surface area contributed by atoms with E-state index < -0.39 is 11.9 Å². The van der Waals surface area contributed by atoms with Crippen molar-refractivity contribution >= 4 is 17.8 Å². The van der Waals surface area contributed by atoms with Crippen LogP contribution >= 0.6 is 0 Å². The van der Waals surface area contributed by atoms with Gasteiger partial charge in [0.05, 0.1) is 0 Å². The predicted molar refractivity (Wildman–Crippen MR) is 82.2 cm³/mol. The zero-order valence-corrected chi connectivity index (χ0v) is 12.7. The number of carboxylic acids is 1. The Morgan fingerprint density at radius 2 is 1.86 bits per heavy atom. The molecule has 1 unspecified atom stereocenters. The Balaban J connectivity index is 2.13. The standard InChI is InChI=1S/C16H22N2O4/c1-12(9-10-13-6-3-2-4-7-13)18-14(19)8-5-11-17-15(20)16(21)22/h2-4,6-7,12H,5,8-11H2,1H3,(H,17,20)(H,18,19)(H,21,22). The summed E-state index contributed by atoms with van der Waals surface area (Å²) < 4.78 is 0. The average molecular weight is 306 g/mol. The number of carbonyl (C=O) groups is 3. The number of rotatable bonds is 8. The van der Waals surface area contributed by atoms with Gasteiger partial charge in [-0.2, -0.15) is 0 Å². The number of carbonyl (C=O) groups excluding carboxylic acids is 2. The lowest BCUT2D eigenvalue weighted by Gasteiger charge is -2.14. The van der Waals surface area contributed by atoms with Crippen molar-refractivity contribution in [2.75, 3.05) is 6.54 Å². The summed E-state index contributed by atoms with van der Waals surface area (Å²) >= 11 is 0. The normalized spacial score (nSPS) is 11.5. The lowest BCUT2D eigenvalue weighted by atomic mass is 10.1. The van der Waals surface area contributed by atoms with Crippen molar-refractivity contribution in [1.29, 1.82) is 0 Å². The van der Waals surface area contributed by atoms with Crippen molar-refractivity contribution in [1.82, 2.24) is 10.6 Å². The molecule has 0 aliphatic heterocycles.